The summed E-state index contributed by atoms with van der Waals surface area (Å²) in [5.41, 5.74) is -0.287. The monoisotopic (exact) mass is 446 g/mol. The summed E-state index contributed by atoms with van der Waals surface area (Å²) in [6, 6.07) is 7.62. The zero-order valence-corrected chi connectivity index (χ0v) is 18.8. The number of fused-ring (bicyclic) bond motifs is 1. The molecular formula is C25H27FN6O. The van der Waals surface area contributed by atoms with Crippen LogP contribution in [0.5, 0.6) is 0 Å². The van der Waals surface area contributed by atoms with Gasteiger partial charge in [-0.15, -0.1) is 0 Å². The van der Waals surface area contributed by atoms with Crippen molar-refractivity contribution in [2.45, 2.75) is 63.0 Å². The number of halogens is 1. The van der Waals surface area contributed by atoms with Crippen molar-refractivity contribution in [3.63, 3.8) is 0 Å². The van der Waals surface area contributed by atoms with Gasteiger partial charge in [0.05, 0.1) is 17.1 Å². The fourth-order valence-electron chi connectivity index (χ4n) is 6.28. The summed E-state index contributed by atoms with van der Waals surface area (Å²) in [6.45, 7) is 4.51. The molecular weight excluding hydrogens is 419 g/mol. The van der Waals surface area contributed by atoms with Crippen LogP contribution in [0.3, 0.4) is 0 Å². The standard InChI is InChI=1S/C25H27FN6O/c1-22(2,33)24-8-16(9-24)32(13-24)21-7-20(29-14-30-21)31-19-6-17(18(26)5-15(19)10-27)25(12-28)11-23(25)3-4-23/h5-7,10,14,16,27,33H,3-4,8-9,11,13H2,1-2H3,(H,29,30,31). The maximum absolute atomic E-state index is 15.0. The highest BCUT2D eigenvalue weighted by Gasteiger charge is 2.76. The molecule has 7 nitrogen and oxygen atoms in total. The SMILES string of the molecule is CC(C)(O)C12CC(C1)N(c1cc(Nc3cc(C4(C#N)CC45CC5)c(F)cc3C=N)ncn1)C2. The molecule has 2 aliphatic heterocycles. The van der Waals surface area contributed by atoms with Gasteiger partial charge < -0.3 is 20.7 Å². The van der Waals surface area contributed by atoms with Crippen LogP contribution in [0.15, 0.2) is 24.5 Å². The highest BCUT2D eigenvalue weighted by Crippen LogP contribution is 2.78. The van der Waals surface area contributed by atoms with E-state index in [2.05, 4.69) is 26.3 Å². The molecule has 7 rings (SSSR count). The van der Waals surface area contributed by atoms with Crippen molar-refractivity contribution in [2.75, 3.05) is 16.8 Å². The van der Waals surface area contributed by atoms with Gasteiger partial charge in [-0.25, -0.2) is 14.4 Å². The number of aromatic nitrogens is 2. The molecule has 3 N–H and O–H groups in total. The molecule has 2 aromatic rings. The first kappa shape index (κ1) is 20.5. The van der Waals surface area contributed by atoms with Crippen LogP contribution in [0.2, 0.25) is 0 Å². The van der Waals surface area contributed by atoms with Crippen molar-refractivity contribution in [3.05, 3.63) is 41.5 Å². The van der Waals surface area contributed by atoms with E-state index in [-0.39, 0.29) is 10.8 Å². The lowest BCUT2D eigenvalue weighted by Crippen LogP contribution is -2.50. The number of anilines is 3. The van der Waals surface area contributed by atoms with E-state index in [1.807, 2.05) is 19.9 Å². The van der Waals surface area contributed by atoms with Gasteiger partial charge in [0.25, 0.3) is 0 Å². The molecule has 170 valence electrons. The second-order valence-corrected chi connectivity index (χ2v) is 11.0. The van der Waals surface area contributed by atoms with Gasteiger partial charge in [0.2, 0.25) is 0 Å². The first-order valence-corrected chi connectivity index (χ1v) is 11.5. The number of nitrogens with one attached hydrogen (secondary N) is 2. The number of hydrogen-bond donors (Lipinski definition) is 3. The summed E-state index contributed by atoms with van der Waals surface area (Å²) in [7, 11) is 0. The fraction of sp³-hybridized carbons (Fsp3) is 0.520. The molecule has 1 atom stereocenters. The van der Waals surface area contributed by atoms with E-state index in [1.54, 1.807) is 6.07 Å². The topological polar surface area (TPSA) is 109 Å². The van der Waals surface area contributed by atoms with E-state index in [0.29, 0.717) is 35.1 Å². The van der Waals surface area contributed by atoms with Crippen LogP contribution in [0.25, 0.3) is 0 Å². The quantitative estimate of drug-likeness (QED) is 0.578. The van der Waals surface area contributed by atoms with Gasteiger partial charge in [0.15, 0.2) is 0 Å². The Labute approximate surface area is 192 Å². The Hall–Kier alpha value is -3.05. The molecule has 3 saturated carbocycles. The van der Waals surface area contributed by atoms with Crippen LogP contribution in [0.1, 0.15) is 57.1 Å². The lowest BCUT2D eigenvalue weighted by atomic mass is 9.61. The largest absolute Gasteiger partial charge is 0.390 e. The molecule has 2 saturated heterocycles. The zero-order chi connectivity index (χ0) is 23.2. The van der Waals surface area contributed by atoms with Crippen molar-refractivity contribution in [2.24, 2.45) is 10.8 Å². The first-order chi connectivity index (χ1) is 15.7. The molecule has 0 radical (unpaired) electrons. The predicted octanol–water partition coefficient (Wildman–Crippen LogP) is 4.04. The molecule has 2 bridgehead atoms. The van der Waals surface area contributed by atoms with E-state index in [1.165, 1.54) is 12.4 Å². The summed E-state index contributed by atoms with van der Waals surface area (Å²) in [6.07, 6.45) is 7.13. The second kappa shape index (κ2) is 6.29. The van der Waals surface area contributed by atoms with Gasteiger partial charge >= 0.3 is 0 Å². The molecule has 1 spiro atoms. The summed E-state index contributed by atoms with van der Waals surface area (Å²) < 4.78 is 15.0. The Morgan fingerprint density at radius 3 is 2.64 bits per heavy atom. The van der Waals surface area contributed by atoms with Crippen molar-refractivity contribution < 1.29 is 9.50 Å². The maximum atomic E-state index is 15.0. The van der Waals surface area contributed by atoms with E-state index in [0.717, 1.165) is 44.3 Å². The minimum Gasteiger partial charge on any atom is -0.390 e. The third-order valence-electron chi connectivity index (χ3n) is 8.86. The molecule has 33 heavy (non-hydrogen) atoms. The molecule has 1 unspecified atom stereocenters. The predicted molar refractivity (Wildman–Crippen MR) is 122 cm³/mol. The molecule has 5 fully saturated rings. The number of aliphatic hydroxyl groups is 1. The van der Waals surface area contributed by atoms with E-state index >= 15 is 0 Å². The average molecular weight is 447 g/mol. The Balaban J connectivity index is 1.30. The van der Waals surface area contributed by atoms with Crippen LogP contribution in [0.4, 0.5) is 21.7 Å². The molecule has 8 heteroatoms. The number of nitriles is 1. The van der Waals surface area contributed by atoms with Crippen molar-refractivity contribution in [1.29, 1.82) is 10.7 Å². The summed E-state index contributed by atoms with van der Waals surface area (Å²) >= 11 is 0. The van der Waals surface area contributed by atoms with Crippen LogP contribution < -0.4 is 10.2 Å². The number of rotatable bonds is 6. The summed E-state index contributed by atoms with van der Waals surface area (Å²) in [5.74, 6) is 0.902. The molecule has 5 aliphatic rings. The van der Waals surface area contributed by atoms with Gasteiger partial charge in [0, 0.05) is 47.1 Å². The van der Waals surface area contributed by atoms with E-state index in [9.17, 15) is 14.8 Å². The van der Waals surface area contributed by atoms with Crippen molar-refractivity contribution in [1.82, 2.24) is 9.97 Å². The van der Waals surface area contributed by atoms with Crippen LogP contribution in [-0.2, 0) is 5.41 Å². The van der Waals surface area contributed by atoms with Crippen LogP contribution >= 0.6 is 0 Å². The Bertz CT molecular complexity index is 1220. The Morgan fingerprint density at radius 1 is 1.30 bits per heavy atom. The van der Waals surface area contributed by atoms with Gasteiger partial charge in [0.1, 0.15) is 23.8 Å². The third kappa shape index (κ3) is 2.72. The van der Waals surface area contributed by atoms with Gasteiger partial charge in [-0.3, -0.25) is 0 Å². The number of benzene rings is 1. The zero-order valence-electron chi connectivity index (χ0n) is 18.8. The maximum Gasteiger partial charge on any atom is 0.135 e. The lowest BCUT2D eigenvalue weighted by molar-refractivity contribution is -0.0754. The van der Waals surface area contributed by atoms with Gasteiger partial charge in [-0.2, -0.15) is 5.26 Å². The number of hydrogen-bond acceptors (Lipinski definition) is 7. The molecule has 1 aromatic heterocycles. The molecule has 0 amide bonds. The lowest BCUT2D eigenvalue weighted by Gasteiger charge is -2.45. The van der Waals surface area contributed by atoms with E-state index in [4.69, 9.17) is 5.41 Å². The molecule has 1 aromatic carbocycles. The Kier molecular flexibility index (Phi) is 3.92. The van der Waals surface area contributed by atoms with Crippen molar-refractivity contribution >= 4 is 23.5 Å². The highest BCUT2D eigenvalue weighted by molar-refractivity contribution is 5.88. The van der Waals surface area contributed by atoms with E-state index < -0.39 is 16.8 Å². The number of nitrogens with zero attached hydrogens (tertiary/aromatic N) is 4. The van der Waals surface area contributed by atoms with Crippen LogP contribution in [0, 0.1) is 33.4 Å². The summed E-state index contributed by atoms with van der Waals surface area (Å²) in [4.78, 5) is 11.0. The normalized spacial score (nSPS) is 30.5. The van der Waals surface area contributed by atoms with Gasteiger partial charge in [-0.1, -0.05) is 0 Å². The fourth-order valence-corrected chi connectivity index (χ4v) is 6.28. The smallest absolute Gasteiger partial charge is 0.135 e. The second-order valence-electron chi connectivity index (χ2n) is 11.0. The van der Waals surface area contributed by atoms with Gasteiger partial charge in [-0.05, 0) is 63.5 Å². The molecule has 3 aliphatic carbocycles. The molecule has 3 heterocycles. The minimum absolute atomic E-state index is 0.0544. The third-order valence-corrected chi connectivity index (χ3v) is 8.86. The van der Waals surface area contributed by atoms with Crippen molar-refractivity contribution in [3.8, 4) is 6.07 Å². The summed E-state index contributed by atoms with van der Waals surface area (Å²) in [5, 5.41) is 31.5. The minimum atomic E-state index is -0.757. The first-order valence-electron chi connectivity index (χ1n) is 11.5. The highest BCUT2D eigenvalue weighted by atomic mass is 19.1. The Morgan fingerprint density at radius 2 is 2.06 bits per heavy atom. The van der Waals surface area contributed by atoms with Crippen LogP contribution in [-0.4, -0.2) is 39.5 Å². The average Bonchev–Trinajstić information content (AvgIpc) is 3.56.